The lowest BCUT2D eigenvalue weighted by Gasteiger charge is -2.12. The van der Waals surface area contributed by atoms with Gasteiger partial charge in [0.05, 0.1) is 24.0 Å². The van der Waals surface area contributed by atoms with Crippen molar-refractivity contribution in [3.8, 4) is 17.3 Å². The standard InChI is InChI=1S/C21H15ClFN5O5S/c1-32-21-17(34(30,31)28-18-15(23)7-13(22)9-24-18)8-14(10-25-21)26-19(29)16-11-33-20(27-16)12-5-3-2-4-6-12/h2-11H,1H3,(H,24,28)(H,26,29). The van der Waals surface area contributed by atoms with E-state index in [1.807, 2.05) is 10.8 Å². The fraction of sp³-hybridized carbons (Fsp3) is 0.0476. The van der Waals surface area contributed by atoms with Crippen LogP contribution >= 0.6 is 11.6 Å². The number of anilines is 2. The number of rotatable bonds is 7. The summed E-state index contributed by atoms with van der Waals surface area (Å²) in [6.07, 6.45) is 3.44. The Hall–Kier alpha value is -4.03. The van der Waals surface area contributed by atoms with Crippen molar-refractivity contribution >= 4 is 39.0 Å². The highest BCUT2D eigenvalue weighted by Crippen LogP contribution is 2.27. The molecule has 0 aliphatic rings. The smallest absolute Gasteiger partial charge is 0.277 e. The second-order valence-electron chi connectivity index (χ2n) is 6.68. The number of aromatic nitrogens is 3. The molecule has 0 aliphatic heterocycles. The SMILES string of the molecule is COc1ncc(NC(=O)c2coc(-c3ccccc3)n2)cc1S(=O)(=O)Nc1ncc(Cl)cc1F. The largest absolute Gasteiger partial charge is 0.480 e. The summed E-state index contributed by atoms with van der Waals surface area (Å²) in [6, 6.07) is 11.0. The van der Waals surface area contributed by atoms with Gasteiger partial charge < -0.3 is 14.5 Å². The summed E-state index contributed by atoms with van der Waals surface area (Å²) in [5, 5.41) is 2.48. The molecule has 0 saturated carbocycles. The van der Waals surface area contributed by atoms with Crippen LogP contribution in [0.5, 0.6) is 5.88 Å². The van der Waals surface area contributed by atoms with Gasteiger partial charge in [0.25, 0.3) is 15.9 Å². The highest BCUT2D eigenvalue weighted by atomic mass is 35.5. The molecule has 0 bridgehead atoms. The van der Waals surface area contributed by atoms with Crippen molar-refractivity contribution in [3.05, 3.63) is 77.7 Å². The highest BCUT2D eigenvalue weighted by molar-refractivity contribution is 7.92. The van der Waals surface area contributed by atoms with Crippen LogP contribution in [0.2, 0.25) is 5.02 Å². The molecule has 4 aromatic rings. The third-order valence-corrected chi connectivity index (χ3v) is 5.90. The van der Waals surface area contributed by atoms with E-state index in [1.54, 1.807) is 24.3 Å². The topological polar surface area (TPSA) is 136 Å². The van der Waals surface area contributed by atoms with Gasteiger partial charge in [-0.25, -0.2) is 27.8 Å². The number of pyridine rings is 2. The minimum Gasteiger partial charge on any atom is -0.480 e. The van der Waals surface area contributed by atoms with Gasteiger partial charge in [0.15, 0.2) is 22.2 Å². The molecule has 0 atom stereocenters. The fourth-order valence-corrected chi connectivity index (χ4v) is 4.11. The summed E-state index contributed by atoms with van der Waals surface area (Å²) in [5.41, 5.74) is 0.653. The van der Waals surface area contributed by atoms with E-state index >= 15 is 0 Å². The number of sulfonamides is 1. The van der Waals surface area contributed by atoms with Crippen molar-refractivity contribution in [1.29, 1.82) is 0 Å². The highest BCUT2D eigenvalue weighted by Gasteiger charge is 2.24. The van der Waals surface area contributed by atoms with Crippen molar-refractivity contribution in [2.45, 2.75) is 4.90 Å². The zero-order valence-electron chi connectivity index (χ0n) is 17.3. The molecule has 13 heteroatoms. The Bertz CT molecular complexity index is 1460. The minimum absolute atomic E-state index is 0.00678. The molecule has 0 unspecified atom stereocenters. The molecule has 2 N–H and O–H groups in total. The number of halogens is 2. The van der Waals surface area contributed by atoms with Gasteiger partial charge in [-0.1, -0.05) is 29.8 Å². The summed E-state index contributed by atoms with van der Waals surface area (Å²) in [4.78, 5) is 23.8. The first-order valence-corrected chi connectivity index (χ1v) is 11.3. The summed E-state index contributed by atoms with van der Waals surface area (Å²) in [6.45, 7) is 0. The Labute approximate surface area is 197 Å². The quantitative estimate of drug-likeness (QED) is 0.386. The molecule has 0 radical (unpaired) electrons. The first-order chi connectivity index (χ1) is 16.3. The van der Waals surface area contributed by atoms with Crippen LogP contribution in [0, 0.1) is 5.82 Å². The first-order valence-electron chi connectivity index (χ1n) is 9.47. The van der Waals surface area contributed by atoms with Crippen LogP contribution in [0.4, 0.5) is 15.9 Å². The Balaban J connectivity index is 1.59. The minimum atomic E-state index is -4.41. The van der Waals surface area contributed by atoms with Gasteiger partial charge in [0.2, 0.25) is 11.8 Å². The summed E-state index contributed by atoms with van der Waals surface area (Å²) in [5.74, 6) is -2.26. The number of methoxy groups -OCH3 is 1. The van der Waals surface area contributed by atoms with E-state index in [2.05, 4.69) is 20.3 Å². The number of benzene rings is 1. The van der Waals surface area contributed by atoms with Crippen LogP contribution in [0.15, 0.2) is 70.4 Å². The van der Waals surface area contributed by atoms with Crippen LogP contribution in [-0.4, -0.2) is 36.4 Å². The van der Waals surface area contributed by atoms with Crippen molar-refractivity contribution in [2.24, 2.45) is 0 Å². The first kappa shape index (κ1) is 23.1. The number of nitrogens with one attached hydrogen (secondary N) is 2. The van der Waals surface area contributed by atoms with Crippen LogP contribution in [0.1, 0.15) is 10.5 Å². The molecule has 1 aromatic carbocycles. The second-order valence-corrected chi connectivity index (χ2v) is 8.77. The third-order valence-electron chi connectivity index (χ3n) is 4.36. The normalized spacial score (nSPS) is 11.1. The third kappa shape index (κ3) is 4.97. The molecule has 174 valence electrons. The Morgan fingerprint density at radius 2 is 1.91 bits per heavy atom. The predicted octanol–water partition coefficient (Wildman–Crippen LogP) is 3.99. The van der Waals surface area contributed by atoms with Crippen LogP contribution in [0.25, 0.3) is 11.5 Å². The predicted molar refractivity (Wildman–Crippen MR) is 121 cm³/mol. The van der Waals surface area contributed by atoms with Crippen molar-refractivity contribution in [2.75, 3.05) is 17.1 Å². The van der Waals surface area contributed by atoms with Crippen molar-refractivity contribution in [1.82, 2.24) is 15.0 Å². The fourth-order valence-electron chi connectivity index (χ4n) is 2.80. The summed E-state index contributed by atoms with van der Waals surface area (Å²) < 4.78 is 52.2. The molecule has 4 rings (SSSR count). The van der Waals surface area contributed by atoms with E-state index in [9.17, 15) is 17.6 Å². The lowest BCUT2D eigenvalue weighted by atomic mass is 10.2. The molecule has 34 heavy (non-hydrogen) atoms. The summed E-state index contributed by atoms with van der Waals surface area (Å²) >= 11 is 5.65. The van der Waals surface area contributed by atoms with E-state index in [4.69, 9.17) is 20.8 Å². The van der Waals surface area contributed by atoms with E-state index in [0.29, 0.717) is 5.56 Å². The van der Waals surface area contributed by atoms with Gasteiger partial charge in [-0.3, -0.25) is 9.52 Å². The van der Waals surface area contributed by atoms with Crippen molar-refractivity contribution in [3.63, 3.8) is 0 Å². The van der Waals surface area contributed by atoms with Crippen LogP contribution in [-0.2, 0) is 10.0 Å². The number of nitrogens with zero attached hydrogens (tertiary/aromatic N) is 3. The second kappa shape index (κ2) is 9.45. The molecule has 10 nitrogen and oxygen atoms in total. The maximum Gasteiger partial charge on any atom is 0.277 e. The average Bonchev–Trinajstić information content (AvgIpc) is 3.32. The van der Waals surface area contributed by atoms with E-state index in [-0.39, 0.29) is 28.2 Å². The lowest BCUT2D eigenvalue weighted by Crippen LogP contribution is -2.18. The molecular weight excluding hydrogens is 489 g/mol. The zero-order valence-corrected chi connectivity index (χ0v) is 18.9. The van der Waals surface area contributed by atoms with Gasteiger partial charge in [-0.15, -0.1) is 0 Å². The molecule has 1 amide bonds. The molecule has 0 fully saturated rings. The summed E-state index contributed by atoms with van der Waals surface area (Å²) in [7, 11) is -3.21. The van der Waals surface area contributed by atoms with Crippen molar-refractivity contribution < 1.29 is 26.8 Å². The van der Waals surface area contributed by atoms with Gasteiger partial charge >= 0.3 is 0 Å². The number of carbonyl (C=O) groups is 1. The number of ether oxygens (including phenoxy) is 1. The molecule has 3 heterocycles. The average molecular weight is 504 g/mol. The van der Waals surface area contributed by atoms with Gasteiger partial charge in [0.1, 0.15) is 6.26 Å². The monoisotopic (exact) mass is 503 g/mol. The number of amides is 1. The molecule has 0 aliphatic carbocycles. The number of carbonyl (C=O) groups excluding carboxylic acids is 1. The maximum absolute atomic E-state index is 14.0. The van der Waals surface area contributed by atoms with E-state index in [0.717, 1.165) is 18.3 Å². The van der Waals surface area contributed by atoms with E-state index in [1.165, 1.54) is 19.6 Å². The molecule has 0 saturated heterocycles. The van der Waals surface area contributed by atoms with Gasteiger partial charge in [-0.05, 0) is 24.3 Å². The number of hydrogen-bond acceptors (Lipinski definition) is 8. The lowest BCUT2D eigenvalue weighted by molar-refractivity contribution is 0.102. The zero-order chi connectivity index (χ0) is 24.3. The molecule has 3 aromatic heterocycles. The number of oxazole rings is 1. The Morgan fingerprint density at radius 3 is 2.62 bits per heavy atom. The van der Waals surface area contributed by atoms with Crippen LogP contribution < -0.4 is 14.8 Å². The Morgan fingerprint density at radius 1 is 1.15 bits per heavy atom. The van der Waals surface area contributed by atoms with E-state index < -0.39 is 32.5 Å². The van der Waals surface area contributed by atoms with Gasteiger partial charge in [0, 0.05) is 11.8 Å². The van der Waals surface area contributed by atoms with Crippen LogP contribution in [0.3, 0.4) is 0 Å². The van der Waals surface area contributed by atoms with Gasteiger partial charge in [-0.2, -0.15) is 0 Å². The maximum atomic E-state index is 14.0. The number of hydrogen-bond donors (Lipinski definition) is 2. The Kier molecular flexibility index (Phi) is 6.43. The molecule has 0 spiro atoms. The molecular formula is C21H15ClFN5O5S.